The molecule has 2 aromatic carbocycles. The van der Waals surface area contributed by atoms with Crippen LogP contribution >= 0.6 is 0 Å². The minimum atomic E-state index is -0.692. The Balaban J connectivity index is 1.80. The van der Waals surface area contributed by atoms with Gasteiger partial charge in [-0.2, -0.15) is 0 Å². The lowest BCUT2D eigenvalue weighted by Crippen LogP contribution is -2.23. The first-order valence-corrected chi connectivity index (χ1v) is 8.55. The molecule has 2 atom stereocenters. The third kappa shape index (κ3) is 3.17. The summed E-state index contributed by atoms with van der Waals surface area (Å²) in [6.07, 6.45) is 1.01. The molecule has 1 saturated heterocycles. The van der Waals surface area contributed by atoms with E-state index in [1.54, 1.807) is 0 Å². The molecule has 0 saturated carbocycles. The molecule has 3 heteroatoms. The first-order chi connectivity index (χ1) is 9.83. The summed E-state index contributed by atoms with van der Waals surface area (Å²) in [4.78, 5) is 0. The summed E-state index contributed by atoms with van der Waals surface area (Å²) in [5.41, 5.74) is 3.69. The minimum absolute atomic E-state index is 0.225. The molecule has 0 aliphatic carbocycles. The number of nitrogens with one attached hydrogen (secondary N) is 1. The van der Waals surface area contributed by atoms with Crippen molar-refractivity contribution in [3.8, 4) is 11.1 Å². The Kier molecular flexibility index (Phi) is 4.28. The van der Waals surface area contributed by atoms with Crippen molar-refractivity contribution in [1.82, 2.24) is 5.32 Å². The van der Waals surface area contributed by atoms with Crippen LogP contribution in [-0.4, -0.2) is 22.3 Å². The average Bonchev–Trinajstić information content (AvgIpc) is 2.73. The molecule has 1 heterocycles. The van der Waals surface area contributed by atoms with Crippen LogP contribution in [0.3, 0.4) is 0 Å². The van der Waals surface area contributed by atoms with Crippen LogP contribution in [0.25, 0.3) is 11.1 Å². The maximum Gasteiger partial charge on any atom is 0.0436 e. The zero-order chi connectivity index (χ0) is 13.8. The van der Waals surface area contributed by atoms with Crippen molar-refractivity contribution in [2.75, 3.05) is 18.1 Å². The second kappa shape index (κ2) is 6.33. The normalized spacial score (nSPS) is 23.2. The highest BCUT2D eigenvalue weighted by Gasteiger charge is 2.17. The van der Waals surface area contributed by atoms with Gasteiger partial charge in [0.05, 0.1) is 0 Å². The smallest absolute Gasteiger partial charge is 0.0436 e. The number of benzene rings is 2. The predicted octanol–water partition coefficient (Wildman–Crippen LogP) is 3.14. The van der Waals surface area contributed by atoms with Gasteiger partial charge in [-0.15, -0.1) is 0 Å². The van der Waals surface area contributed by atoms with E-state index in [-0.39, 0.29) is 6.04 Å². The SMILES string of the molecule is O=S1CCCNC(c2ccc(-c3ccccc3)cc2)C1. The Morgan fingerprint density at radius 1 is 0.950 bits per heavy atom. The molecule has 3 rings (SSSR count). The van der Waals surface area contributed by atoms with Crippen LogP contribution in [0, 0.1) is 0 Å². The van der Waals surface area contributed by atoms with Crippen LogP contribution in [0.5, 0.6) is 0 Å². The lowest BCUT2D eigenvalue weighted by atomic mass is 10.0. The third-order valence-corrected chi connectivity index (χ3v) is 5.16. The van der Waals surface area contributed by atoms with Crippen LogP contribution in [-0.2, 0) is 10.8 Å². The zero-order valence-corrected chi connectivity index (χ0v) is 12.2. The molecule has 104 valence electrons. The molecule has 0 spiro atoms. The van der Waals surface area contributed by atoms with Gasteiger partial charge in [0.25, 0.3) is 0 Å². The molecule has 0 amide bonds. The highest BCUT2D eigenvalue weighted by atomic mass is 32.2. The predicted molar refractivity (Wildman–Crippen MR) is 85.1 cm³/mol. The highest BCUT2D eigenvalue weighted by molar-refractivity contribution is 7.85. The Labute approximate surface area is 122 Å². The monoisotopic (exact) mass is 285 g/mol. The summed E-state index contributed by atoms with van der Waals surface area (Å²) >= 11 is 0. The second-order valence-electron chi connectivity index (χ2n) is 5.16. The van der Waals surface area contributed by atoms with Crippen LogP contribution in [0.4, 0.5) is 0 Å². The maximum atomic E-state index is 11.8. The van der Waals surface area contributed by atoms with Crippen LogP contribution < -0.4 is 5.32 Å². The van der Waals surface area contributed by atoms with Crippen molar-refractivity contribution in [3.63, 3.8) is 0 Å². The maximum absolute atomic E-state index is 11.8. The fourth-order valence-corrected chi connectivity index (χ4v) is 3.91. The quantitative estimate of drug-likeness (QED) is 0.918. The van der Waals surface area contributed by atoms with Gasteiger partial charge in [0, 0.05) is 28.3 Å². The Morgan fingerprint density at radius 2 is 1.65 bits per heavy atom. The van der Waals surface area contributed by atoms with Crippen molar-refractivity contribution in [1.29, 1.82) is 0 Å². The molecule has 1 aliphatic heterocycles. The van der Waals surface area contributed by atoms with Crippen LogP contribution in [0.1, 0.15) is 18.0 Å². The standard InChI is InChI=1S/C17H19NOS/c19-20-12-4-11-18-17(13-20)16-9-7-15(8-10-16)14-5-2-1-3-6-14/h1-3,5-10,17-18H,4,11-13H2. The molecular weight excluding hydrogens is 266 g/mol. The van der Waals surface area contributed by atoms with Crippen LogP contribution in [0.2, 0.25) is 0 Å². The van der Waals surface area contributed by atoms with E-state index < -0.39 is 10.8 Å². The van der Waals surface area contributed by atoms with Gasteiger partial charge in [-0.25, -0.2) is 0 Å². The van der Waals surface area contributed by atoms with Gasteiger partial charge in [-0.3, -0.25) is 4.21 Å². The highest BCUT2D eigenvalue weighted by Crippen LogP contribution is 2.23. The van der Waals surface area contributed by atoms with Crippen molar-refractivity contribution >= 4 is 10.8 Å². The van der Waals surface area contributed by atoms with Crippen molar-refractivity contribution in [2.24, 2.45) is 0 Å². The van der Waals surface area contributed by atoms with Gasteiger partial charge < -0.3 is 5.32 Å². The Morgan fingerprint density at radius 3 is 2.40 bits per heavy atom. The summed E-state index contributed by atoms with van der Waals surface area (Å²) in [7, 11) is -0.692. The lowest BCUT2D eigenvalue weighted by molar-refractivity contribution is 0.587. The number of rotatable bonds is 2. The molecule has 1 N–H and O–H groups in total. The summed E-state index contributed by atoms with van der Waals surface area (Å²) in [6.45, 7) is 0.955. The van der Waals surface area contributed by atoms with Crippen molar-refractivity contribution in [2.45, 2.75) is 12.5 Å². The Hall–Kier alpha value is -1.45. The van der Waals surface area contributed by atoms with Gasteiger partial charge >= 0.3 is 0 Å². The molecule has 0 bridgehead atoms. The zero-order valence-electron chi connectivity index (χ0n) is 11.4. The molecule has 2 aromatic rings. The van der Waals surface area contributed by atoms with E-state index in [0.29, 0.717) is 0 Å². The van der Waals surface area contributed by atoms with Gasteiger partial charge in [0.1, 0.15) is 0 Å². The van der Waals surface area contributed by atoms with E-state index in [4.69, 9.17) is 0 Å². The average molecular weight is 285 g/mol. The molecule has 0 radical (unpaired) electrons. The van der Waals surface area contributed by atoms with E-state index in [0.717, 1.165) is 24.5 Å². The van der Waals surface area contributed by atoms with E-state index in [9.17, 15) is 4.21 Å². The van der Waals surface area contributed by atoms with Gasteiger partial charge in [-0.05, 0) is 29.7 Å². The summed E-state index contributed by atoms with van der Waals surface area (Å²) in [5.74, 6) is 1.55. The molecule has 1 fully saturated rings. The summed E-state index contributed by atoms with van der Waals surface area (Å²) in [6, 6.07) is 19.2. The molecule has 2 nitrogen and oxygen atoms in total. The molecule has 0 aromatic heterocycles. The first-order valence-electron chi connectivity index (χ1n) is 7.07. The van der Waals surface area contributed by atoms with Gasteiger partial charge in [0.2, 0.25) is 0 Å². The first kappa shape index (κ1) is 13.5. The fourth-order valence-electron chi connectivity index (χ4n) is 2.59. The van der Waals surface area contributed by atoms with Crippen molar-refractivity contribution < 1.29 is 4.21 Å². The summed E-state index contributed by atoms with van der Waals surface area (Å²) < 4.78 is 11.8. The fraction of sp³-hybridized carbons (Fsp3) is 0.294. The summed E-state index contributed by atoms with van der Waals surface area (Å²) in [5, 5.41) is 3.49. The van der Waals surface area contributed by atoms with E-state index in [1.165, 1.54) is 16.7 Å². The van der Waals surface area contributed by atoms with E-state index in [1.807, 2.05) is 6.07 Å². The Bertz CT molecular complexity index is 580. The van der Waals surface area contributed by atoms with Crippen LogP contribution in [0.15, 0.2) is 54.6 Å². The van der Waals surface area contributed by atoms with Gasteiger partial charge in [-0.1, -0.05) is 54.6 Å². The third-order valence-electron chi connectivity index (χ3n) is 3.71. The topological polar surface area (TPSA) is 29.1 Å². The van der Waals surface area contributed by atoms with Gasteiger partial charge in [0.15, 0.2) is 0 Å². The van der Waals surface area contributed by atoms with E-state index >= 15 is 0 Å². The molecular formula is C17H19NOS. The van der Waals surface area contributed by atoms with Crippen molar-refractivity contribution in [3.05, 3.63) is 60.2 Å². The van der Waals surface area contributed by atoms with E-state index in [2.05, 4.69) is 53.8 Å². The molecule has 20 heavy (non-hydrogen) atoms. The number of hydrogen-bond acceptors (Lipinski definition) is 2. The molecule has 2 unspecified atom stereocenters. The number of hydrogen-bond donors (Lipinski definition) is 1. The second-order valence-corrected chi connectivity index (χ2v) is 6.78. The molecule has 1 aliphatic rings. The lowest BCUT2D eigenvalue weighted by Gasteiger charge is -2.16. The largest absolute Gasteiger partial charge is 0.309 e. The minimum Gasteiger partial charge on any atom is -0.309 e.